The molecule has 0 aliphatic rings. The number of hydrogen-bond donors (Lipinski definition) is 0. The normalized spacial score (nSPS) is 8.75. The molecule has 46 valence electrons. The van der Waals surface area contributed by atoms with Gasteiger partial charge >= 0.3 is 58.9 Å². The summed E-state index contributed by atoms with van der Waals surface area (Å²) >= 11 is 0.778. The van der Waals surface area contributed by atoms with Crippen LogP contribution in [0.15, 0.2) is 0 Å². The Labute approximate surface area is 59.4 Å². The van der Waals surface area contributed by atoms with Crippen molar-refractivity contribution in [3.05, 3.63) is 0 Å². The molecule has 8 heavy (non-hydrogen) atoms. The molecule has 0 bridgehead atoms. The molecule has 0 amide bonds. The topological polar surface area (TPSA) is 0 Å². The van der Waals surface area contributed by atoms with Crippen LogP contribution in [-0.4, -0.2) is 15.2 Å². The van der Waals surface area contributed by atoms with Crippen LogP contribution in [0.3, 0.4) is 0 Å². The van der Waals surface area contributed by atoms with Crippen molar-refractivity contribution in [3.8, 4) is 0 Å². The van der Waals surface area contributed by atoms with Crippen molar-refractivity contribution in [2.45, 2.75) is 43.7 Å². The van der Waals surface area contributed by atoms with Gasteiger partial charge < -0.3 is 0 Å². The molecule has 0 atom stereocenters. The van der Waals surface area contributed by atoms with Crippen LogP contribution in [0.5, 0.6) is 0 Å². The number of rotatable bonds is 5. The molecule has 0 aliphatic heterocycles. The van der Waals surface area contributed by atoms with E-state index in [9.17, 15) is 0 Å². The Kier molecular flexibility index (Phi) is 8.03. The van der Waals surface area contributed by atoms with Gasteiger partial charge in [0.2, 0.25) is 0 Å². The van der Waals surface area contributed by atoms with E-state index in [1.165, 1.54) is 31.0 Å². The van der Waals surface area contributed by atoms with Crippen LogP contribution in [0.1, 0.15) is 32.6 Å². The van der Waals surface area contributed by atoms with Gasteiger partial charge in [-0.15, -0.1) is 0 Å². The van der Waals surface area contributed by atoms with E-state index < -0.39 is 0 Å². The molecule has 0 radical (unpaired) electrons. The average Bonchev–Trinajstić information content (AvgIpc) is 1.81. The quantitative estimate of drug-likeness (QED) is 0.393. The minimum absolute atomic E-state index is 0.778. The monoisotopic (exact) mass is 127 g/mol. The Hall–Kier alpha value is 0.532. The summed E-state index contributed by atoms with van der Waals surface area (Å²) in [7, 11) is 0. The van der Waals surface area contributed by atoms with Gasteiger partial charge in [-0.2, -0.15) is 0 Å². The summed E-state index contributed by atoms with van der Waals surface area (Å²) < 4.78 is 0. The fourth-order valence-corrected chi connectivity index (χ4v) is 1.47. The predicted octanol–water partition coefficient (Wildman–Crippen LogP) is 2.74. The predicted molar refractivity (Wildman–Crippen MR) is 40.6 cm³/mol. The zero-order valence-corrected chi connectivity index (χ0v) is 7.27. The van der Waals surface area contributed by atoms with Gasteiger partial charge in [0, 0.05) is 0 Å². The second-order valence-corrected chi connectivity index (χ2v) is 3.65. The van der Waals surface area contributed by atoms with Crippen LogP contribution in [0, 0.1) is 0 Å². The van der Waals surface area contributed by atoms with E-state index in [4.69, 9.17) is 0 Å². The van der Waals surface area contributed by atoms with E-state index in [0.29, 0.717) is 0 Å². The third kappa shape index (κ3) is 6.53. The van der Waals surface area contributed by atoms with Crippen molar-refractivity contribution >= 4 is 15.2 Å². The van der Waals surface area contributed by atoms with E-state index in [1.54, 1.807) is 0 Å². The van der Waals surface area contributed by atoms with Gasteiger partial charge in [-0.3, -0.25) is 0 Å². The molecule has 0 aromatic carbocycles. The summed E-state index contributed by atoms with van der Waals surface area (Å²) in [6.07, 6.45) is 5.77. The Morgan fingerprint density at radius 2 is 1.88 bits per heavy atom. The van der Waals surface area contributed by atoms with Gasteiger partial charge in [-0.05, 0) is 0 Å². The van der Waals surface area contributed by atoms with Gasteiger partial charge in [-0.25, -0.2) is 0 Å². The van der Waals surface area contributed by atoms with Gasteiger partial charge in [0.15, 0.2) is 0 Å². The van der Waals surface area contributed by atoms with Crippen molar-refractivity contribution in [1.82, 2.24) is 0 Å². The van der Waals surface area contributed by atoms with E-state index in [0.717, 1.165) is 15.2 Å². The Bertz CT molecular complexity index is 29.4. The average molecular weight is 127 g/mol. The van der Waals surface area contributed by atoms with Crippen molar-refractivity contribution in [2.75, 3.05) is 0 Å². The molecule has 0 N–H and O–H groups in total. The standard InChI is InChI=1S/C6H13.CH3.Al/c1-3-5-6-4-2;;/h1,3-6H2,2H3;1H3;/q;;+1. The van der Waals surface area contributed by atoms with Crippen LogP contribution in [0.25, 0.3) is 0 Å². The van der Waals surface area contributed by atoms with Crippen LogP contribution in [-0.2, 0) is 0 Å². The molecule has 1 heteroatoms. The van der Waals surface area contributed by atoms with Gasteiger partial charge in [0.1, 0.15) is 0 Å². The number of unbranched alkanes of at least 4 members (excludes halogenated alkanes) is 3. The summed E-state index contributed by atoms with van der Waals surface area (Å²) in [5.41, 5.74) is 0. The summed E-state index contributed by atoms with van der Waals surface area (Å²) in [6.45, 7) is 2.26. The molecule has 0 aromatic heterocycles. The van der Waals surface area contributed by atoms with E-state index in [1.807, 2.05) is 0 Å². The van der Waals surface area contributed by atoms with Gasteiger partial charge in [-0.1, -0.05) is 0 Å². The third-order valence-corrected chi connectivity index (χ3v) is 2.33. The van der Waals surface area contributed by atoms with Gasteiger partial charge in [0.05, 0.1) is 0 Å². The van der Waals surface area contributed by atoms with Crippen LogP contribution >= 0.6 is 0 Å². The molecule has 0 saturated carbocycles. The molecule has 0 nitrogen and oxygen atoms in total. The maximum atomic E-state index is 2.34. The Morgan fingerprint density at radius 3 is 2.38 bits per heavy atom. The fraction of sp³-hybridized carbons (Fsp3) is 1.00. The zero-order valence-electron chi connectivity index (χ0n) is 6.11. The second-order valence-electron chi connectivity index (χ2n) is 2.26. The molecule has 0 spiro atoms. The summed E-state index contributed by atoms with van der Waals surface area (Å²) in [4.78, 5) is 0. The van der Waals surface area contributed by atoms with Crippen molar-refractivity contribution < 1.29 is 0 Å². The first-order valence-electron chi connectivity index (χ1n) is 3.69. The molecule has 0 fully saturated rings. The van der Waals surface area contributed by atoms with Crippen molar-refractivity contribution in [2.24, 2.45) is 0 Å². The minimum atomic E-state index is 0.778. The van der Waals surface area contributed by atoms with Crippen molar-refractivity contribution in [1.29, 1.82) is 0 Å². The second kappa shape index (κ2) is 7.53. The summed E-state index contributed by atoms with van der Waals surface area (Å²) in [5.74, 6) is 2.34. The molecule has 0 aromatic rings. The number of hydrogen-bond acceptors (Lipinski definition) is 0. The van der Waals surface area contributed by atoms with Crippen LogP contribution < -0.4 is 0 Å². The van der Waals surface area contributed by atoms with Crippen molar-refractivity contribution in [3.63, 3.8) is 0 Å². The van der Waals surface area contributed by atoms with E-state index in [-0.39, 0.29) is 0 Å². The molecular weight excluding hydrogens is 111 g/mol. The van der Waals surface area contributed by atoms with Gasteiger partial charge in [0.25, 0.3) is 0 Å². The fourth-order valence-electron chi connectivity index (χ4n) is 0.775. The van der Waals surface area contributed by atoms with E-state index >= 15 is 0 Å². The third-order valence-electron chi connectivity index (χ3n) is 1.35. The van der Waals surface area contributed by atoms with Crippen LogP contribution in [0.4, 0.5) is 0 Å². The Morgan fingerprint density at radius 1 is 1.12 bits per heavy atom. The molecule has 0 rings (SSSR count). The zero-order chi connectivity index (χ0) is 6.24. The maximum absolute atomic E-state index is 2.34. The molecule has 0 heterocycles. The molecular formula is C7H16Al+. The summed E-state index contributed by atoms with van der Waals surface area (Å²) in [6, 6.07) is 0. The SMILES string of the molecule is CCCCC[CH2][Al+][CH3]. The Balaban J connectivity index is 2.53. The van der Waals surface area contributed by atoms with E-state index in [2.05, 4.69) is 12.7 Å². The first-order chi connectivity index (χ1) is 3.91. The molecule has 0 unspecified atom stereocenters. The summed E-state index contributed by atoms with van der Waals surface area (Å²) in [5, 5.41) is 1.51. The first-order valence-corrected chi connectivity index (χ1v) is 5.66. The first kappa shape index (κ1) is 8.53. The van der Waals surface area contributed by atoms with Crippen LogP contribution in [0.2, 0.25) is 11.1 Å². The molecule has 0 saturated heterocycles. The molecule has 0 aliphatic carbocycles.